The third-order valence-corrected chi connectivity index (χ3v) is 4.56. The van der Waals surface area contributed by atoms with E-state index in [0.717, 1.165) is 5.65 Å². The molecule has 0 bridgehead atoms. The fourth-order valence-corrected chi connectivity index (χ4v) is 2.53. The van der Waals surface area contributed by atoms with Crippen molar-refractivity contribution < 1.29 is 36.2 Å². The van der Waals surface area contributed by atoms with Crippen LogP contribution < -0.4 is 5.14 Å². The monoisotopic (exact) mass is 411 g/mol. The number of hydrogen-bond donors (Lipinski definition) is 2. The van der Waals surface area contributed by atoms with E-state index < -0.39 is 33.5 Å². The van der Waals surface area contributed by atoms with Crippen LogP contribution in [0, 0.1) is 0 Å². The van der Waals surface area contributed by atoms with E-state index in [4.69, 9.17) is 19.8 Å². The van der Waals surface area contributed by atoms with Crippen LogP contribution in [0.1, 0.15) is 32.6 Å². The van der Waals surface area contributed by atoms with E-state index in [1.807, 2.05) is 42.6 Å². The van der Waals surface area contributed by atoms with Crippen LogP contribution in [-0.4, -0.2) is 46.4 Å². The van der Waals surface area contributed by atoms with Gasteiger partial charge in [0.2, 0.25) is 10.0 Å². The third-order valence-electron chi connectivity index (χ3n) is 3.28. The fraction of sp³-hybridized carbons (Fsp3) is 0.467. The Balaban J connectivity index is 0.000000445. The topological polar surface area (TPSA) is 124 Å². The summed E-state index contributed by atoms with van der Waals surface area (Å²) < 4.78 is 62.5. The quantitative estimate of drug-likeness (QED) is 0.777. The molecule has 0 spiro atoms. The molecule has 2 rings (SSSR count). The number of sulfonamides is 1. The maximum absolute atomic E-state index is 11.6. The second kappa shape index (κ2) is 8.67. The minimum absolute atomic E-state index is 0.131. The molecule has 0 aromatic carbocycles. The first-order chi connectivity index (χ1) is 12.2. The highest BCUT2D eigenvalue weighted by atomic mass is 32.2. The van der Waals surface area contributed by atoms with Gasteiger partial charge in [-0.1, -0.05) is 6.07 Å². The fourth-order valence-electron chi connectivity index (χ4n) is 1.98. The number of halogens is 3. The van der Waals surface area contributed by atoms with Crippen molar-refractivity contribution in [1.29, 1.82) is 0 Å². The Morgan fingerprint density at radius 1 is 1.30 bits per heavy atom. The average molecular weight is 411 g/mol. The Kier molecular flexibility index (Phi) is 7.34. The van der Waals surface area contributed by atoms with Gasteiger partial charge in [0.05, 0.1) is 11.8 Å². The van der Waals surface area contributed by atoms with Crippen molar-refractivity contribution in [3.63, 3.8) is 0 Å². The standard InChI is InChI=1S/C13H19N3O3S.C2HF3O2/c1-9(2)19-13(10(3)20(14,17)18)11-8-16-7-5-4-6-12(16)15-11;3-2(4,5)1(6)7/h4-10,13H,1-3H3,(H2,14,17,18);(H,6,7)/t10-,13+;/m1./s1. The first-order valence-electron chi connectivity index (χ1n) is 7.64. The third kappa shape index (κ3) is 6.81. The molecule has 27 heavy (non-hydrogen) atoms. The summed E-state index contributed by atoms with van der Waals surface area (Å²) in [6.07, 6.45) is -2.29. The normalized spacial score (nSPS) is 14.5. The number of aromatic nitrogens is 2. The van der Waals surface area contributed by atoms with Crippen molar-refractivity contribution in [3.8, 4) is 0 Å². The lowest BCUT2D eigenvalue weighted by molar-refractivity contribution is -0.192. The molecule has 2 atom stereocenters. The van der Waals surface area contributed by atoms with Gasteiger partial charge in [0, 0.05) is 12.4 Å². The Bertz CT molecular complexity index is 847. The molecule has 0 fully saturated rings. The molecule has 0 saturated carbocycles. The van der Waals surface area contributed by atoms with Crippen LogP contribution in [-0.2, 0) is 19.6 Å². The number of alkyl halides is 3. The molecular weight excluding hydrogens is 391 g/mol. The van der Waals surface area contributed by atoms with Gasteiger partial charge in [-0.2, -0.15) is 13.2 Å². The van der Waals surface area contributed by atoms with Gasteiger partial charge in [-0.3, -0.25) is 0 Å². The van der Waals surface area contributed by atoms with Gasteiger partial charge in [-0.25, -0.2) is 23.3 Å². The lowest BCUT2D eigenvalue weighted by Gasteiger charge is -2.23. The number of carboxylic acid groups (broad SMARTS) is 1. The number of nitrogens with two attached hydrogens (primary N) is 1. The largest absolute Gasteiger partial charge is 0.490 e. The van der Waals surface area contributed by atoms with Crippen LogP contribution in [0.5, 0.6) is 0 Å². The summed E-state index contributed by atoms with van der Waals surface area (Å²) in [6, 6.07) is 5.59. The van der Waals surface area contributed by atoms with Crippen molar-refractivity contribution in [3.05, 3.63) is 36.3 Å². The molecule has 152 valence electrons. The van der Waals surface area contributed by atoms with Crippen LogP contribution in [0.3, 0.4) is 0 Å². The summed E-state index contributed by atoms with van der Waals surface area (Å²) in [5, 5.41) is 11.5. The summed E-state index contributed by atoms with van der Waals surface area (Å²) in [6.45, 7) is 5.23. The zero-order valence-electron chi connectivity index (χ0n) is 14.7. The number of aliphatic carboxylic acids is 1. The van der Waals surface area contributed by atoms with E-state index in [-0.39, 0.29) is 6.10 Å². The first-order valence-corrected chi connectivity index (χ1v) is 9.25. The SMILES string of the molecule is CC(C)O[C@H](c1cn2ccccc2n1)[C@@H](C)S(N)(=O)=O.O=C(O)C(F)(F)F. The molecule has 2 heterocycles. The predicted octanol–water partition coefficient (Wildman–Crippen LogP) is 2.11. The highest BCUT2D eigenvalue weighted by Crippen LogP contribution is 2.26. The summed E-state index contributed by atoms with van der Waals surface area (Å²) in [5.41, 5.74) is 1.30. The molecule has 2 aromatic heterocycles. The average Bonchev–Trinajstić information content (AvgIpc) is 2.94. The molecule has 8 nitrogen and oxygen atoms in total. The number of fused-ring (bicyclic) bond motifs is 1. The summed E-state index contributed by atoms with van der Waals surface area (Å²) >= 11 is 0. The van der Waals surface area contributed by atoms with Crippen molar-refractivity contribution in [2.75, 3.05) is 0 Å². The van der Waals surface area contributed by atoms with E-state index in [2.05, 4.69) is 4.98 Å². The van der Waals surface area contributed by atoms with Gasteiger partial charge < -0.3 is 14.2 Å². The number of primary sulfonamides is 1. The minimum atomic E-state index is -5.08. The van der Waals surface area contributed by atoms with Gasteiger partial charge in [0.25, 0.3) is 0 Å². The number of hydrogen-bond acceptors (Lipinski definition) is 5. The van der Waals surface area contributed by atoms with Crippen molar-refractivity contribution >= 4 is 21.6 Å². The molecule has 0 aliphatic carbocycles. The smallest absolute Gasteiger partial charge is 0.475 e. The second-order valence-electron chi connectivity index (χ2n) is 5.83. The number of carbonyl (C=O) groups is 1. The molecule has 0 aliphatic heterocycles. The van der Waals surface area contributed by atoms with Crippen LogP contribution >= 0.6 is 0 Å². The Hall–Kier alpha value is -2.18. The number of rotatable bonds is 5. The summed E-state index contributed by atoms with van der Waals surface area (Å²) in [7, 11) is -3.71. The Labute approximate surface area is 153 Å². The van der Waals surface area contributed by atoms with Crippen molar-refractivity contribution in [1.82, 2.24) is 9.38 Å². The van der Waals surface area contributed by atoms with Gasteiger partial charge >= 0.3 is 12.1 Å². The molecule has 2 aromatic rings. The highest BCUT2D eigenvalue weighted by Gasteiger charge is 2.38. The van der Waals surface area contributed by atoms with E-state index in [1.165, 1.54) is 6.92 Å². The predicted molar refractivity (Wildman–Crippen MR) is 90.4 cm³/mol. The molecule has 0 saturated heterocycles. The molecule has 12 heteroatoms. The number of carboxylic acids is 1. The molecular formula is C15H20F3N3O5S. The lowest BCUT2D eigenvalue weighted by Crippen LogP contribution is -2.34. The Morgan fingerprint density at radius 2 is 1.85 bits per heavy atom. The molecule has 3 N–H and O–H groups in total. The molecule has 0 aliphatic rings. The van der Waals surface area contributed by atoms with Crippen LogP contribution in [0.15, 0.2) is 30.6 Å². The van der Waals surface area contributed by atoms with Gasteiger partial charge in [0.1, 0.15) is 17.0 Å². The van der Waals surface area contributed by atoms with Crippen LogP contribution in [0.25, 0.3) is 5.65 Å². The van der Waals surface area contributed by atoms with E-state index in [1.54, 1.807) is 6.20 Å². The van der Waals surface area contributed by atoms with Crippen molar-refractivity contribution in [2.45, 2.75) is 44.4 Å². The number of ether oxygens (including phenoxy) is 1. The van der Waals surface area contributed by atoms with Gasteiger partial charge in [-0.15, -0.1) is 0 Å². The number of nitrogens with zero attached hydrogens (tertiary/aromatic N) is 2. The minimum Gasteiger partial charge on any atom is -0.475 e. The molecule has 0 unspecified atom stereocenters. The van der Waals surface area contributed by atoms with Gasteiger partial charge in [0.15, 0.2) is 0 Å². The molecule has 0 amide bonds. The van der Waals surface area contributed by atoms with Crippen LogP contribution in [0.2, 0.25) is 0 Å². The number of imidazole rings is 1. The summed E-state index contributed by atoms with van der Waals surface area (Å²) in [4.78, 5) is 13.3. The highest BCUT2D eigenvalue weighted by molar-refractivity contribution is 7.89. The zero-order chi connectivity index (χ0) is 21.0. The maximum atomic E-state index is 11.6. The van der Waals surface area contributed by atoms with E-state index in [9.17, 15) is 21.6 Å². The number of pyridine rings is 1. The maximum Gasteiger partial charge on any atom is 0.490 e. The zero-order valence-corrected chi connectivity index (χ0v) is 15.5. The van der Waals surface area contributed by atoms with Crippen LogP contribution in [0.4, 0.5) is 13.2 Å². The molecule has 0 radical (unpaired) electrons. The second-order valence-corrected chi connectivity index (χ2v) is 7.76. The van der Waals surface area contributed by atoms with E-state index >= 15 is 0 Å². The summed E-state index contributed by atoms with van der Waals surface area (Å²) in [5.74, 6) is -2.76. The lowest BCUT2D eigenvalue weighted by atomic mass is 10.2. The van der Waals surface area contributed by atoms with Gasteiger partial charge in [-0.05, 0) is 32.9 Å². The first kappa shape index (κ1) is 22.9. The Morgan fingerprint density at radius 3 is 2.26 bits per heavy atom. The van der Waals surface area contributed by atoms with Crippen molar-refractivity contribution in [2.24, 2.45) is 5.14 Å². The van der Waals surface area contributed by atoms with E-state index in [0.29, 0.717) is 5.69 Å².